The monoisotopic (exact) mass is 501 g/mol. The molecule has 1 heterocycles. The first kappa shape index (κ1) is 25.9. The molecule has 168 valence electrons. The van der Waals surface area contributed by atoms with Crippen molar-refractivity contribution >= 4 is 68.4 Å². The molecule has 0 unspecified atom stereocenters. The van der Waals surface area contributed by atoms with Gasteiger partial charge in [-0.05, 0) is 75.2 Å². The lowest BCUT2D eigenvalue weighted by Crippen LogP contribution is -2.36. The molecule has 0 aliphatic carbocycles. The number of amides is 1. The minimum absolute atomic E-state index is 0. The van der Waals surface area contributed by atoms with E-state index in [-0.39, 0.29) is 24.1 Å². The first-order valence-corrected chi connectivity index (χ1v) is 11.9. The van der Waals surface area contributed by atoms with Crippen LogP contribution in [0.3, 0.4) is 0 Å². The lowest BCUT2D eigenvalue weighted by Gasteiger charge is -2.22. The lowest BCUT2D eigenvalue weighted by molar-refractivity contribution is -0.118. The maximum atomic E-state index is 13.0. The molecule has 0 aliphatic rings. The molecule has 31 heavy (non-hydrogen) atoms. The highest BCUT2D eigenvalue weighted by Crippen LogP contribution is 2.34. The number of nitrogens with zero attached hydrogens (tertiary/aromatic N) is 3. The Hall–Kier alpha value is -1.38. The van der Waals surface area contributed by atoms with Gasteiger partial charge in [0.1, 0.15) is 5.82 Å². The number of likely N-dealkylation sites (N-methyl/N-ethyl adjacent to an activating group) is 1. The molecule has 0 bridgehead atoms. The number of hydrogen-bond donors (Lipinski definition) is 0. The van der Waals surface area contributed by atoms with E-state index in [4.69, 9.17) is 16.6 Å². The Morgan fingerprint density at radius 1 is 1.16 bits per heavy atom. The van der Waals surface area contributed by atoms with Gasteiger partial charge in [0.15, 0.2) is 5.13 Å². The number of anilines is 1. The van der Waals surface area contributed by atoms with Crippen molar-refractivity contribution in [1.82, 2.24) is 9.88 Å². The van der Waals surface area contributed by atoms with E-state index < -0.39 is 0 Å². The molecule has 0 saturated carbocycles. The average Bonchev–Trinajstić information content (AvgIpc) is 3.14. The Labute approximate surface area is 202 Å². The fourth-order valence-corrected chi connectivity index (χ4v) is 4.98. The Bertz CT molecular complexity index is 1010. The molecule has 0 aliphatic heterocycles. The van der Waals surface area contributed by atoms with Crippen LogP contribution in [0.5, 0.6) is 0 Å². The summed E-state index contributed by atoms with van der Waals surface area (Å²) in [6.45, 7) is 3.29. The van der Waals surface area contributed by atoms with E-state index in [9.17, 15) is 9.18 Å². The maximum absolute atomic E-state index is 13.0. The summed E-state index contributed by atoms with van der Waals surface area (Å²) >= 11 is 9.39. The summed E-state index contributed by atoms with van der Waals surface area (Å²) in [7, 11) is 3.98. The van der Waals surface area contributed by atoms with Crippen LogP contribution >= 0.6 is 47.1 Å². The zero-order valence-electron chi connectivity index (χ0n) is 17.7. The van der Waals surface area contributed by atoms with Gasteiger partial charge in [0.25, 0.3) is 0 Å². The Kier molecular flexibility index (Phi) is 10.0. The van der Waals surface area contributed by atoms with Crippen LogP contribution in [0.4, 0.5) is 9.52 Å². The number of halogens is 3. The fourth-order valence-electron chi connectivity index (χ4n) is 2.91. The van der Waals surface area contributed by atoms with Gasteiger partial charge in [-0.2, -0.15) is 0 Å². The third-order valence-electron chi connectivity index (χ3n) is 4.66. The summed E-state index contributed by atoms with van der Waals surface area (Å²) in [6.07, 6.45) is 1.19. The second-order valence-corrected chi connectivity index (χ2v) is 9.85. The van der Waals surface area contributed by atoms with Gasteiger partial charge in [0.2, 0.25) is 5.91 Å². The molecule has 1 aromatic heterocycles. The third-order valence-corrected chi connectivity index (χ3v) is 7.21. The van der Waals surface area contributed by atoms with Crippen LogP contribution in [0.25, 0.3) is 10.2 Å². The van der Waals surface area contributed by atoms with Crippen LogP contribution in [0.2, 0.25) is 5.02 Å². The number of hydrogen-bond acceptors (Lipinski definition) is 5. The molecule has 0 atom stereocenters. The highest BCUT2D eigenvalue weighted by molar-refractivity contribution is 7.99. The smallest absolute Gasteiger partial charge is 0.228 e. The lowest BCUT2D eigenvalue weighted by atomic mass is 10.2. The van der Waals surface area contributed by atoms with Crippen molar-refractivity contribution < 1.29 is 9.18 Å². The third kappa shape index (κ3) is 7.05. The van der Waals surface area contributed by atoms with Crippen molar-refractivity contribution in [3.05, 3.63) is 52.8 Å². The molecular weight excluding hydrogens is 476 g/mol. The summed E-state index contributed by atoms with van der Waals surface area (Å²) in [5.41, 5.74) is 1.80. The quantitative estimate of drug-likeness (QED) is 0.255. The van der Waals surface area contributed by atoms with E-state index in [0.717, 1.165) is 39.4 Å². The number of rotatable bonds is 9. The highest BCUT2D eigenvalue weighted by Gasteiger charge is 2.20. The van der Waals surface area contributed by atoms with Crippen LogP contribution in [-0.4, -0.2) is 48.7 Å². The van der Waals surface area contributed by atoms with Crippen LogP contribution in [0.1, 0.15) is 18.4 Å². The molecule has 0 fully saturated rings. The predicted molar refractivity (Wildman–Crippen MR) is 134 cm³/mol. The van der Waals surface area contributed by atoms with E-state index in [1.165, 1.54) is 23.5 Å². The first-order chi connectivity index (χ1) is 14.3. The van der Waals surface area contributed by atoms with Crippen molar-refractivity contribution in [3.8, 4) is 0 Å². The number of aromatic nitrogens is 1. The van der Waals surface area contributed by atoms with Gasteiger partial charge in [0, 0.05) is 29.4 Å². The number of carbonyl (C=O) groups excluding carboxylic acids is 1. The second-order valence-electron chi connectivity index (χ2n) is 7.27. The molecule has 3 aromatic rings. The van der Waals surface area contributed by atoms with Gasteiger partial charge in [-0.25, -0.2) is 9.37 Å². The van der Waals surface area contributed by atoms with Gasteiger partial charge in [-0.1, -0.05) is 22.9 Å². The number of carbonyl (C=O) groups is 1. The van der Waals surface area contributed by atoms with E-state index in [1.807, 2.05) is 33.2 Å². The maximum Gasteiger partial charge on any atom is 0.228 e. The average molecular weight is 503 g/mol. The number of thioether (sulfide) groups is 1. The zero-order chi connectivity index (χ0) is 21.7. The van der Waals surface area contributed by atoms with Crippen LogP contribution < -0.4 is 4.90 Å². The topological polar surface area (TPSA) is 36.4 Å². The Balaban J connectivity index is 0.00000341. The van der Waals surface area contributed by atoms with E-state index in [2.05, 4.69) is 4.90 Å². The zero-order valence-corrected chi connectivity index (χ0v) is 20.9. The summed E-state index contributed by atoms with van der Waals surface area (Å²) < 4.78 is 14.0. The van der Waals surface area contributed by atoms with Crippen LogP contribution in [0, 0.1) is 12.7 Å². The predicted octanol–water partition coefficient (Wildman–Crippen LogP) is 6.29. The van der Waals surface area contributed by atoms with Crippen LogP contribution in [-0.2, 0) is 4.79 Å². The van der Waals surface area contributed by atoms with Gasteiger partial charge in [-0.15, -0.1) is 24.2 Å². The first-order valence-electron chi connectivity index (χ1n) is 9.74. The SMILES string of the molecule is Cc1c(Cl)ccc2sc(N(CCN(C)C)C(=O)CCCSc3ccc(F)cc3)nc12.Cl. The Morgan fingerprint density at radius 3 is 2.55 bits per heavy atom. The number of aryl methyl sites for hydroxylation is 1. The molecule has 3 rings (SSSR count). The highest BCUT2D eigenvalue weighted by atomic mass is 35.5. The molecule has 0 spiro atoms. The second kappa shape index (κ2) is 12.0. The molecule has 1 amide bonds. The van der Waals surface area contributed by atoms with Gasteiger partial charge >= 0.3 is 0 Å². The van der Waals surface area contributed by atoms with Gasteiger partial charge in [0.05, 0.1) is 10.2 Å². The number of benzene rings is 2. The molecule has 4 nitrogen and oxygen atoms in total. The molecule has 2 aromatic carbocycles. The molecule has 0 radical (unpaired) electrons. The largest absolute Gasteiger partial charge is 0.308 e. The number of fused-ring (bicyclic) bond motifs is 1. The van der Waals surface area contributed by atoms with Crippen molar-refractivity contribution in [2.45, 2.75) is 24.7 Å². The summed E-state index contributed by atoms with van der Waals surface area (Å²) in [5, 5.41) is 1.40. The van der Waals surface area contributed by atoms with Gasteiger partial charge < -0.3 is 4.90 Å². The summed E-state index contributed by atoms with van der Waals surface area (Å²) in [5.74, 6) is 0.630. The van der Waals surface area contributed by atoms with Crippen molar-refractivity contribution in [3.63, 3.8) is 0 Å². The van der Waals surface area contributed by atoms with E-state index in [0.29, 0.717) is 23.1 Å². The minimum Gasteiger partial charge on any atom is -0.308 e. The number of thiazole rings is 1. The molecule has 0 N–H and O–H groups in total. The molecule has 0 saturated heterocycles. The van der Waals surface area contributed by atoms with E-state index >= 15 is 0 Å². The van der Waals surface area contributed by atoms with Crippen molar-refractivity contribution in [2.24, 2.45) is 0 Å². The van der Waals surface area contributed by atoms with Crippen LogP contribution in [0.15, 0.2) is 41.3 Å². The van der Waals surface area contributed by atoms with Crippen molar-refractivity contribution in [2.75, 3.05) is 37.8 Å². The standard InChI is InChI=1S/C22H25ClFN3OS2.ClH/c1-15-18(23)10-11-19-21(15)25-22(30-19)27(13-12-26(2)3)20(28)5-4-14-29-17-8-6-16(24)7-9-17;/h6-11H,4-5,12-14H2,1-3H3;1H. The fraction of sp³-hybridized carbons (Fsp3) is 0.364. The Morgan fingerprint density at radius 2 is 1.87 bits per heavy atom. The summed E-state index contributed by atoms with van der Waals surface area (Å²) in [4.78, 5) is 22.6. The van der Waals surface area contributed by atoms with E-state index in [1.54, 1.807) is 28.8 Å². The minimum atomic E-state index is -0.238. The molecular formula is C22H26Cl2FN3OS2. The van der Waals surface area contributed by atoms with Crippen molar-refractivity contribution in [1.29, 1.82) is 0 Å². The van der Waals surface area contributed by atoms with Gasteiger partial charge in [-0.3, -0.25) is 9.69 Å². The normalized spacial score (nSPS) is 11.0. The molecule has 9 heteroatoms. The summed E-state index contributed by atoms with van der Waals surface area (Å²) in [6, 6.07) is 10.3.